The van der Waals surface area contributed by atoms with Crippen LogP contribution in [0.5, 0.6) is 0 Å². The summed E-state index contributed by atoms with van der Waals surface area (Å²) in [6.07, 6.45) is 3.71. The van der Waals surface area contributed by atoms with E-state index in [1.807, 2.05) is 25.5 Å². The summed E-state index contributed by atoms with van der Waals surface area (Å²) in [6, 6.07) is 3.73. The summed E-state index contributed by atoms with van der Waals surface area (Å²) >= 11 is 5.81. The van der Waals surface area contributed by atoms with E-state index < -0.39 is 0 Å². The zero-order valence-electron chi connectivity index (χ0n) is 9.94. The molecule has 0 fully saturated rings. The first-order valence-corrected chi connectivity index (χ1v) is 5.94. The van der Waals surface area contributed by atoms with Crippen LogP contribution in [-0.4, -0.2) is 14.5 Å². The molecule has 17 heavy (non-hydrogen) atoms. The Morgan fingerprint density at radius 1 is 1.41 bits per heavy atom. The van der Waals surface area contributed by atoms with Crippen LogP contribution in [0.1, 0.15) is 18.3 Å². The van der Waals surface area contributed by atoms with Crippen molar-refractivity contribution >= 4 is 17.3 Å². The molecule has 2 heterocycles. The first kappa shape index (κ1) is 11.9. The Morgan fingerprint density at radius 3 is 2.94 bits per heavy atom. The average molecular weight is 251 g/mol. The third-order valence-corrected chi connectivity index (χ3v) is 2.86. The summed E-state index contributed by atoms with van der Waals surface area (Å²) in [7, 11) is 0. The molecule has 0 aliphatic carbocycles. The summed E-state index contributed by atoms with van der Waals surface area (Å²) in [5, 5.41) is 3.86. The second-order valence-corrected chi connectivity index (χ2v) is 4.18. The van der Waals surface area contributed by atoms with Crippen molar-refractivity contribution in [2.24, 2.45) is 0 Å². The Balaban J connectivity index is 2.07. The number of hydrogen-bond acceptors (Lipinski definition) is 3. The van der Waals surface area contributed by atoms with Crippen molar-refractivity contribution in [3.63, 3.8) is 0 Å². The Labute approximate surface area is 106 Å². The molecule has 0 aliphatic rings. The summed E-state index contributed by atoms with van der Waals surface area (Å²) in [5.74, 6) is 0. The lowest BCUT2D eigenvalue weighted by atomic mass is 10.3. The maximum absolute atomic E-state index is 5.81. The largest absolute Gasteiger partial charge is 0.378 e. The molecule has 0 radical (unpaired) electrons. The van der Waals surface area contributed by atoms with E-state index in [2.05, 4.69) is 26.8 Å². The van der Waals surface area contributed by atoms with Gasteiger partial charge in [-0.2, -0.15) is 0 Å². The van der Waals surface area contributed by atoms with E-state index in [9.17, 15) is 0 Å². The summed E-state index contributed by atoms with van der Waals surface area (Å²) < 4.78 is 2.10. The topological polar surface area (TPSA) is 42.7 Å². The summed E-state index contributed by atoms with van der Waals surface area (Å²) in [5.41, 5.74) is 3.06. The van der Waals surface area contributed by atoms with E-state index in [1.54, 1.807) is 6.07 Å². The lowest BCUT2D eigenvalue weighted by molar-refractivity contribution is 0.719. The molecule has 4 nitrogen and oxygen atoms in total. The number of nitrogens with zero attached hydrogens (tertiary/aromatic N) is 3. The predicted octanol–water partition coefficient (Wildman–Crippen LogP) is 2.87. The van der Waals surface area contributed by atoms with Gasteiger partial charge in [0.2, 0.25) is 0 Å². The van der Waals surface area contributed by atoms with Crippen LogP contribution in [0.4, 0.5) is 5.69 Å². The van der Waals surface area contributed by atoms with Crippen LogP contribution in [0.3, 0.4) is 0 Å². The minimum Gasteiger partial charge on any atom is -0.378 e. The molecule has 0 atom stereocenters. The number of aryl methyl sites for hydroxylation is 2. The van der Waals surface area contributed by atoms with Gasteiger partial charge in [-0.15, -0.1) is 0 Å². The zero-order chi connectivity index (χ0) is 12.3. The van der Waals surface area contributed by atoms with Crippen molar-refractivity contribution in [3.8, 4) is 0 Å². The Bertz CT molecular complexity index is 507. The summed E-state index contributed by atoms with van der Waals surface area (Å²) in [4.78, 5) is 8.32. The van der Waals surface area contributed by atoms with Gasteiger partial charge >= 0.3 is 0 Å². The molecule has 0 aromatic carbocycles. The third-order valence-electron chi connectivity index (χ3n) is 2.65. The molecule has 0 saturated carbocycles. The highest BCUT2D eigenvalue weighted by Crippen LogP contribution is 2.16. The van der Waals surface area contributed by atoms with Crippen LogP contribution >= 0.6 is 11.6 Å². The molecule has 0 amide bonds. The van der Waals surface area contributed by atoms with E-state index >= 15 is 0 Å². The number of aromatic nitrogens is 3. The van der Waals surface area contributed by atoms with Gasteiger partial charge in [-0.25, -0.2) is 9.97 Å². The van der Waals surface area contributed by atoms with Gasteiger partial charge in [-0.1, -0.05) is 11.6 Å². The maximum Gasteiger partial charge on any atom is 0.129 e. The second kappa shape index (κ2) is 5.19. The summed E-state index contributed by atoms with van der Waals surface area (Å²) in [6.45, 7) is 5.69. The molecule has 0 aliphatic heterocycles. The maximum atomic E-state index is 5.81. The van der Waals surface area contributed by atoms with Gasteiger partial charge < -0.3 is 9.88 Å². The minimum atomic E-state index is 0.520. The van der Waals surface area contributed by atoms with Gasteiger partial charge in [-0.3, -0.25) is 0 Å². The molecule has 1 N–H and O–H groups in total. The van der Waals surface area contributed by atoms with Crippen LogP contribution < -0.4 is 5.32 Å². The molecular weight excluding hydrogens is 236 g/mol. The van der Waals surface area contributed by atoms with Crippen molar-refractivity contribution in [1.82, 2.24) is 14.5 Å². The van der Waals surface area contributed by atoms with E-state index in [4.69, 9.17) is 11.6 Å². The molecule has 5 heteroatoms. The SMILES string of the molecule is CCn1cncc1CNc1ccc(Cl)nc1C. The molecule has 90 valence electrons. The molecule has 0 unspecified atom stereocenters. The van der Waals surface area contributed by atoms with E-state index in [-0.39, 0.29) is 0 Å². The van der Waals surface area contributed by atoms with E-state index in [1.165, 1.54) is 0 Å². The minimum absolute atomic E-state index is 0.520. The number of pyridine rings is 1. The van der Waals surface area contributed by atoms with Gasteiger partial charge in [0, 0.05) is 12.7 Å². The van der Waals surface area contributed by atoms with Crippen molar-refractivity contribution in [3.05, 3.63) is 41.2 Å². The fraction of sp³-hybridized carbons (Fsp3) is 0.333. The van der Waals surface area contributed by atoms with Crippen molar-refractivity contribution in [1.29, 1.82) is 0 Å². The first-order chi connectivity index (χ1) is 8.20. The van der Waals surface area contributed by atoms with E-state index in [0.29, 0.717) is 5.15 Å². The average Bonchev–Trinajstić information content (AvgIpc) is 2.75. The molecule has 2 aromatic heterocycles. The molecular formula is C12H15ClN4. The van der Waals surface area contributed by atoms with Gasteiger partial charge in [0.25, 0.3) is 0 Å². The highest BCUT2D eigenvalue weighted by molar-refractivity contribution is 6.29. The second-order valence-electron chi connectivity index (χ2n) is 3.79. The van der Waals surface area contributed by atoms with E-state index in [0.717, 1.165) is 30.2 Å². The van der Waals surface area contributed by atoms with Gasteiger partial charge in [0.15, 0.2) is 0 Å². The van der Waals surface area contributed by atoms with Gasteiger partial charge in [0.1, 0.15) is 5.15 Å². The lowest BCUT2D eigenvalue weighted by Gasteiger charge is -2.10. The molecule has 0 saturated heterocycles. The van der Waals surface area contributed by atoms with Crippen LogP contribution in [0.15, 0.2) is 24.7 Å². The number of anilines is 1. The molecule has 2 rings (SSSR count). The third kappa shape index (κ3) is 2.77. The van der Waals surface area contributed by atoms with Gasteiger partial charge in [-0.05, 0) is 26.0 Å². The van der Waals surface area contributed by atoms with Crippen molar-refractivity contribution in [2.45, 2.75) is 26.9 Å². The van der Waals surface area contributed by atoms with Crippen molar-refractivity contribution in [2.75, 3.05) is 5.32 Å². The highest BCUT2D eigenvalue weighted by atomic mass is 35.5. The highest BCUT2D eigenvalue weighted by Gasteiger charge is 2.03. The Hall–Kier alpha value is -1.55. The van der Waals surface area contributed by atoms with Crippen molar-refractivity contribution < 1.29 is 0 Å². The number of hydrogen-bond donors (Lipinski definition) is 1. The number of nitrogens with one attached hydrogen (secondary N) is 1. The number of rotatable bonds is 4. The number of imidazole rings is 1. The fourth-order valence-electron chi connectivity index (χ4n) is 1.68. The lowest BCUT2D eigenvalue weighted by Crippen LogP contribution is -2.07. The normalized spacial score (nSPS) is 10.5. The first-order valence-electron chi connectivity index (χ1n) is 5.56. The number of halogens is 1. The standard InChI is InChI=1S/C12H15ClN4/c1-3-17-8-14-6-10(17)7-15-11-4-5-12(13)16-9(11)2/h4-6,8,15H,3,7H2,1-2H3. The zero-order valence-corrected chi connectivity index (χ0v) is 10.7. The smallest absolute Gasteiger partial charge is 0.129 e. The predicted molar refractivity (Wildman–Crippen MR) is 69.2 cm³/mol. The Kier molecular flexibility index (Phi) is 3.64. The molecule has 0 spiro atoms. The van der Waals surface area contributed by atoms with Crippen LogP contribution in [-0.2, 0) is 13.1 Å². The quantitative estimate of drug-likeness (QED) is 0.849. The monoisotopic (exact) mass is 250 g/mol. The van der Waals surface area contributed by atoms with Crippen LogP contribution in [0.25, 0.3) is 0 Å². The molecule has 0 bridgehead atoms. The molecule has 2 aromatic rings. The van der Waals surface area contributed by atoms with Gasteiger partial charge in [0.05, 0.1) is 29.9 Å². The van der Waals surface area contributed by atoms with Crippen LogP contribution in [0, 0.1) is 6.92 Å². The fourth-order valence-corrected chi connectivity index (χ4v) is 1.87. The van der Waals surface area contributed by atoms with Crippen LogP contribution in [0.2, 0.25) is 5.15 Å². The Morgan fingerprint density at radius 2 is 2.24 bits per heavy atom.